The molecule has 3 unspecified atom stereocenters. The molecule has 0 bridgehead atoms. The van der Waals surface area contributed by atoms with Crippen LogP contribution in [0.1, 0.15) is 32.1 Å². The summed E-state index contributed by atoms with van der Waals surface area (Å²) in [7, 11) is 0. The van der Waals surface area contributed by atoms with E-state index in [0.717, 1.165) is 25.7 Å². The Kier molecular flexibility index (Phi) is 5.33. The van der Waals surface area contributed by atoms with Crippen LogP contribution in [0, 0.1) is 5.92 Å². The lowest BCUT2D eigenvalue weighted by Crippen LogP contribution is -2.46. The van der Waals surface area contributed by atoms with E-state index in [1.807, 2.05) is 4.90 Å². The number of carbonyl (C=O) groups is 2. The number of hydrogen-bond acceptors (Lipinski definition) is 3. The number of fused-ring (bicyclic) bond motifs is 1. The number of aliphatic carboxylic acids is 1. The van der Waals surface area contributed by atoms with Gasteiger partial charge in [-0.3, -0.25) is 14.5 Å². The van der Waals surface area contributed by atoms with Gasteiger partial charge in [0.2, 0.25) is 5.91 Å². The van der Waals surface area contributed by atoms with Crippen molar-refractivity contribution in [2.24, 2.45) is 5.92 Å². The minimum Gasteiger partial charge on any atom is -0.480 e. The van der Waals surface area contributed by atoms with E-state index in [1.165, 1.54) is 0 Å². The first kappa shape index (κ1) is 17.5. The molecule has 2 N–H and O–H groups in total. The van der Waals surface area contributed by atoms with E-state index >= 15 is 0 Å². The number of benzene rings is 1. The molecule has 1 saturated heterocycles. The second-order valence-electron chi connectivity index (χ2n) is 6.55. The van der Waals surface area contributed by atoms with Crippen molar-refractivity contribution in [2.45, 2.75) is 44.2 Å². The summed E-state index contributed by atoms with van der Waals surface area (Å²) in [4.78, 5) is 25.9. The normalized spacial score (nSPS) is 26.8. The zero-order chi connectivity index (χ0) is 17.3. The number of hydrogen-bond donors (Lipinski definition) is 2. The van der Waals surface area contributed by atoms with E-state index in [9.17, 15) is 14.7 Å². The van der Waals surface area contributed by atoms with E-state index in [0.29, 0.717) is 28.1 Å². The highest BCUT2D eigenvalue weighted by Crippen LogP contribution is 2.39. The van der Waals surface area contributed by atoms with Crippen LogP contribution >= 0.6 is 23.2 Å². The average molecular weight is 371 g/mol. The van der Waals surface area contributed by atoms with Crippen molar-refractivity contribution in [2.75, 3.05) is 11.9 Å². The molecular weight excluding hydrogens is 351 g/mol. The number of likely N-dealkylation sites (tertiary alicyclic amines) is 1. The Morgan fingerprint density at radius 3 is 2.75 bits per heavy atom. The lowest BCUT2D eigenvalue weighted by atomic mass is 9.85. The summed E-state index contributed by atoms with van der Waals surface area (Å²) < 4.78 is 0. The number of carboxylic acids is 1. The number of carboxylic acid groups (broad SMARTS) is 1. The smallest absolute Gasteiger partial charge is 0.320 e. The molecule has 3 atom stereocenters. The van der Waals surface area contributed by atoms with Gasteiger partial charge in [0.15, 0.2) is 0 Å². The van der Waals surface area contributed by atoms with Crippen molar-refractivity contribution in [3.8, 4) is 0 Å². The molecular formula is C17H20Cl2N2O3. The maximum atomic E-state index is 12.4. The number of nitrogens with zero attached hydrogens (tertiary/aromatic N) is 1. The van der Waals surface area contributed by atoms with E-state index in [1.54, 1.807) is 18.2 Å². The average Bonchev–Trinajstić information content (AvgIpc) is 2.90. The Labute approximate surface area is 150 Å². The predicted molar refractivity (Wildman–Crippen MR) is 93.6 cm³/mol. The van der Waals surface area contributed by atoms with E-state index in [2.05, 4.69) is 5.32 Å². The second-order valence-corrected chi connectivity index (χ2v) is 7.39. The topological polar surface area (TPSA) is 69.6 Å². The van der Waals surface area contributed by atoms with Gasteiger partial charge in [-0.15, -0.1) is 0 Å². The molecule has 24 heavy (non-hydrogen) atoms. The standard InChI is InChI=1S/C17H20Cl2N2O3/c18-11-5-6-12(19)13(8-11)20-16(22)9-21-14-4-2-1-3-10(14)7-15(21)17(23)24/h5-6,8,10,14-15H,1-4,7,9H2,(H,20,22)(H,23,24). The second kappa shape index (κ2) is 7.30. The molecule has 3 rings (SSSR count). The van der Waals surface area contributed by atoms with E-state index < -0.39 is 12.0 Å². The lowest BCUT2D eigenvalue weighted by Gasteiger charge is -2.32. The molecule has 2 aliphatic rings. The van der Waals surface area contributed by atoms with Crippen molar-refractivity contribution in [3.63, 3.8) is 0 Å². The molecule has 2 fully saturated rings. The minimum absolute atomic E-state index is 0.0565. The molecule has 1 heterocycles. The fourth-order valence-electron chi connectivity index (χ4n) is 3.97. The number of halogens is 2. The Bertz CT molecular complexity index is 653. The highest BCUT2D eigenvalue weighted by atomic mass is 35.5. The van der Waals surface area contributed by atoms with Crippen LogP contribution in [0.3, 0.4) is 0 Å². The number of amides is 1. The minimum atomic E-state index is -0.849. The molecule has 7 heteroatoms. The van der Waals surface area contributed by atoms with Crippen molar-refractivity contribution < 1.29 is 14.7 Å². The molecule has 130 valence electrons. The first-order valence-corrected chi connectivity index (χ1v) is 8.94. The van der Waals surface area contributed by atoms with E-state index in [4.69, 9.17) is 23.2 Å². The van der Waals surface area contributed by atoms with Crippen molar-refractivity contribution in [1.82, 2.24) is 4.90 Å². The van der Waals surface area contributed by atoms with Crippen molar-refractivity contribution >= 4 is 40.8 Å². The Morgan fingerprint density at radius 2 is 2.00 bits per heavy atom. The van der Waals surface area contributed by atoms with Crippen LogP contribution in [0.2, 0.25) is 10.0 Å². The highest BCUT2D eigenvalue weighted by Gasteiger charge is 2.45. The van der Waals surface area contributed by atoms with Crippen LogP contribution in [-0.4, -0.2) is 40.5 Å². The monoisotopic (exact) mass is 370 g/mol. The fourth-order valence-corrected chi connectivity index (χ4v) is 4.31. The largest absolute Gasteiger partial charge is 0.480 e. The lowest BCUT2D eigenvalue weighted by molar-refractivity contribution is -0.143. The van der Waals surface area contributed by atoms with Crippen molar-refractivity contribution in [3.05, 3.63) is 28.2 Å². The van der Waals surface area contributed by atoms with Gasteiger partial charge in [0.25, 0.3) is 0 Å². The summed E-state index contributed by atoms with van der Waals surface area (Å²) in [5.74, 6) is -0.739. The summed E-state index contributed by atoms with van der Waals surface area (Å²) >= 11 is 12.0. The number of rotatable bonds is 4. The maximum Gasteiger partial charge on any atom is 0.320 e. The Hall–Kier alpha value is -1.30. The van der Waals surface area contributed by atoms with Gasteiger partial charge < -0.3 is 10.4 Å². The quantitative estimate of drug-likeness (QED) is 0.848. The molecule has 0 radical (unpaired) electrons. The third-order valence-corrected chi connectivity index (χ3v) is 5.60. The highest BCUT2D eigenvalue weighted by molar-refractivity contribution is 6.35. The summed E-state index contributed by atoms with van der Waals surface area (Å²) in [5, 5.41) is 13.1. The van der Waals surface area contributed by atoms with Gasteiger partial charge in [-0.1, -0.05) is 36.0 Å². The Morgan fingerprint density at radius 1 is 1.25 bits per heavy atom. The van der Waals surface area contributed by atoms with Crippen LogP contribution < -0.4 is 5.32 Å². The molecule has 0 spiro atoms. The van der Waals surface area contributed by atoms with Crippen LogP contribution in [0.15, 0.2) is 18.2 Å². The van der Waals surface area contributed by atoms with Crippen molar-refractivity contribution in [1.29, 1.82) is 0 Å². The van der Waals surface area contributed by atoms with Gasteiger partial charge in [-0.2, -0.15) is 0 Å². The predicted octanol–water partition coefficient (Wildman–Crippen LogP) is 3.65. The Balaban J connectivity index is 1.71. The summed E-state index contributed by atoms with van der Waals surface area (Å²) in [6.45, 7) is 0.0565. The SMILES string of the molecule is O=C(CN1C(C(=O)O)CC2CCCCC21)Nc1cc(Cl)ccc1Cl. The molecule has 1 saturated carbocycles. The molecule has 5 nitrogen and oxygen atoms in total. The molecule has 1 aliphatic carbocycles. The van der Waals surface area contributed by atoms with Gasteiger partial charge in [-0.25, -0.2) is 0 Å². The molecule has 1 aliphatic heterocycles. The summed E-state index contributed by atoms with van der Waals surface area (Å²) in [6.07, 6.45) is 4.87. The summed E-state index contributed by atoms with van der Waals surface area (Å²) in [6, 6.07) is 4.45. The van der Waals surface area contributed by atoms with Gasteiger partial charge in [0.05, 0.1) is 17.3 Å². The number of carbonyl (C=O) groups excluding carboxylic acids is 1. The third kappa shape index (κ3) is 3.68. The third-order valence-electron chi connectivity index (χ3n) is 5.04. The number of nitrogens with one attached hydrogen (secondary N) is 1. The molecule has 1 amide bonds. The summed E-state index contributed by atoms with van der Waals surface area (Å²) in [5.41, 5.74) is 0.445. The van der Waals surface area contributed by atoms with Gasteiger partial charge in [-0.05, 0) is 43.4 Å². The first-order chi connectivity index (χ1) is 11.5. The van der Waals surface area contributed by atoms with Gasteiger partial charge >= 0.3 is 5.97 Å². The molecule has 1 aromatic carbocycles. The van der Waals surface area contributed by atoms with Crippen LogP contribution in [0.4, 0.5) is 5.69 Å². The van der Waals surface area contributed by atoms with Gasteiger partial charge in [0.1, 0.15) is 6.04 Å². The van der Waals surface area contributed by atoms with Gasteiger partial charge in [0, 0.05) is 11.1 Å². The number of anilines is 1. The zero-order valence-electron chi connectivity index (χ0n) is 13.2. The molecule has 0 aromatic heterocycles. The van der Waals surface area contributed by atoms with Crippen LogP contribution in [0.5, 0.6) is 0 Å². The maximum absolute atomic E-state index is 12.4. The zero-order valence-corrected chi connectivity index (χ0v) is 14.7. The first-order valence-electron chi connectivity index (χ1n) is 8.19. The molecule has 1 aromatic rings. The van der Waals surface area contributed by atoms with E-state index in [-0.39, 0.29) is 18.5 Å². The van der Waals surface area contributed by atoms with Crippen LogP contribution in [0.25, 0.3) is 0 Å². The van der Waals surface area contributed by atoms with Crippen LogP contribution in [-0.2, 0) is 9.59 Å². The fraction of sp³-hybridized carbons (Fsp3) is 0.529.